The highest BCUT2D eigenvalue weighted by atomic mass is 16.5. The van der Waals surface area contributed by atoms with Crippen LogP contribution >= 0.6 is 0 Å². The van der Waals surface area contributed by atoms with Crippen LogP contribution in [0.3, 0.4) is 0 Å². The fraction of sp³-hybridized carbons (Fsp3) is 0.231. The summed E-state index contributed by atoms with van der Waals surface area (Å²) in [5.74, 6) is 0.0977. The van der Waals surface area contributed by atoms with Gasteiger partial charge in [-0.2, -0.15) is 5.26 Å². The highest BCUT2D eigenvalue weighted by Crippen LogP contribution is 2.38. The first kappa shape index (κ1) is 22.4. The summed E-state index contributed by atoms with van der Waals surface area (Å²) in [6, 6.07) is 12.0. The van der Waals surface area contributed by atoms with E-state index in [1.54, 1.807) is 36.7 Å². The normalized spacial score (nSPS) is 13.9. The van der Waals surface area contributed by atoms with Crippen LogP contribution in [0.5, 0.6) is 11.6 Å². The summed E-state index contributed by atoms with van der Waals surface area (Å²) in [6.07, 6.45) is 4.78. The minimum atomic E-state index is -1.05. The predicted octanol–water partition coefficient (Wildman–Crippen LogP) is 4.69. The van der Waals surface area contributed by atoms with Gasteiger partial charge in [0.05, 0.1) is 31.5 Å². The molecule has 9 heteroatoms. The van der Waals surface area contributed by atoms with Gasteiger partial charge in [0.25, 0.3) is 0 Å². The summed E-state index contributed by atoms with van der Waals surface area (Å²) in [5.41, 5.74) is 3.54. The molecule has 4 aromatic rings. The number of carboxylic acids is 1. The number of furan rings is 1. The van der Waals surface area contributed by atoms with Gasteiger partial charge in [0.2, 0.25) is 5.88 Å². The van der Waals surface area contributed by atoms with Crippen molar-refractivity contribution >= 4 is 17.1 Å². The number of hydrogen-bond acceptors (Lipinski definition) is 8. The van der Waals surface area contributed by atoms with Crippen molar-refractivity contribution in [2.45, 2.75) is 18.9 Å². The quantitative estimate of drug-likeness (QED) is 0.426. The molecule has 0 unspecified atom stereocenters. The molecule has 0 atom stereocenters. The smallest absolute Gasteiger partial charge is 0.335 e. The van der Waals surface area contributed by atoms with Crippen LogP contribution in [-0.2, 0) is 4.74 Å². The van der Waals surface area contributed by atoms with Gasteiger partial charge in [0.1, 0.15) is 34.8 Å². The number of benzene rings is 1. The molecule has 1 aromatic carbocycles. The third-order valence-corrected chi connectivity index (χ3v) is 5.86. The molecule has 0 spiro atoms. The van der Waals surface area contributed by atoms with E-state index in [0.717, 1.165) is 12.8 Å². The van der Waals surface area contributed by atoms with Crippen molar-refractivity contribution in [3.8, 4) is 40.1 Å². The monoisotopic (exact) mass is 471 g/mol. The zero-order valence-corrected chi connectivity index (χ0v) is 18.9. The Morgan fingerprint density at radius 2 is 1.97 bits per heavy atom. The van der Waals surface area contributed by atoms with Crippen LogP contribution in [0.4, 0.5) is 0 Å². The van der Waals surface area contributed by atoms with Crippen LogP contribution in [-0.4, -0.2) is 47.5 Å². The van der Waals surface area contributed by atoms with Crippen LogP contribution < -0.4 is 9.47 Å². The standard InChI is InChI=1S/C26H21N3O6/c1-32-22-11-15(26(30)31)2-3-20(22)23-12-21-24(35-23)19(4-7-28-21)17-10-16(13-27)25(29-14-17)34-18-5-8-33-9-6-18/h2-4,7,10-12,14,18H,5-6,8-9H2,1H3,(H,30,31). The van der Waals surface area contributed by atoms with E-state index >= 15 is 0 Å². The van der Waals surface area contributed by atoms with Gasteiger partial charge in [-0.1, -0.05) is 0 Å². The molecule has 1 aliphatic rings. The van der Waals surface area contributed by atoms with E-state index in [1.165, 1.54) is 19.2 Å². The first-order valence-electron chi connectivity index (χ1n) is 11.0. The van der Waals surface area contributed by atoms with Gasteiger partial charge in [0.15, 0.2) is 5.58 Å². The summed E-state index contributed by atoms with van der Waals surface area (Å²) < 4.78 is 22.9. The Morgan fingerprint density at radius 3 is 2.71 bits per heavy atom. The van der Waals surface area contributed by atoms with Crippen LogP contribution in [0.1, 0.15) is 28.8 Å². The lowest BCUT2D eigenvalue weighted by Gasteiger charge is -2.23. The van der Waals surface area contributed by atoms with Crippen LogP contribution in [0.2, 0.25) is 0 Å². The number of fused-ring (bicyclic) bond motifs is 1. The molecule has 0 bridgehead atoms. The molecule has 3 aromatic heterocycles. The summed E-state index contributed by atoms with van der Waals surface area (Å²) in [4.78, 5) is 20.1. The molecule has 4 heterocycles. The van der Waals surface area contributed by atoms with E-state index in [4.69, 9.17) is 18.6 Å². The molecule has 35 heavy (non-hydrogen) atoms. The second-order valence-corrected chi connectivity index (χ2v) is 8.02. The van der Waals surface area contributed by atoms with Crippen LogP contribution in [0.15, 0.2) is 53.2 Å². The Kier molecular flexibility index (Phi) is 6.04. The Bertz CT molecular complexity index is 1450. The number of carboxylic acid groups (broad SMARTS) is 1. The molecule has 0 amide bonds. The molecule has 1 fully saturated rings. The molecule has 0 saturated carbocycles. The van der Waals surface area contributed by atoms with Gasteiger partial charge in [0, 0.05) is 42.4 Å². The van der Waals surface area contributed by atoms with Gasteiger partial charge >= 0.3 is 5.97 Å². The topological polar surface area (TPSA) is 128 Å². The van der Waals surface area contributed by atoms with Crippen molar-refractivity contribution in [1.82, 2.24) is 9.97 Å². The number of hydrogen-bond donors (Lipinski definition) is 1. The predicted molar refractivity (Wildman–Crippen MR) is 125 cm³/mol. The van der Waals surface area contributed by atoms with E-state index in [9.17, 15) is 15.2 Å². The van der Waals surface area contributed by atoms with Crippen molar-refractivity contribution in [3.63, 3.8) is 0 Å². The average Bonchev–Trinajstić information content (AvgIpc) is 3.33. The maximum Gasteiger partial charge on any atom is 0.335 e. The van der Waals surface area contributed by atoms with Gasteiger partial charge < -0.3 is 23.7 Å². The molecule has 5 rings (SSSR count). The fourth-order valence-corrected chi connectivity index (χ4v) is 4.05. The third-order valence-electron chi connectivity index (χ3n) is 5.86. The molecule has 176 valence electrons. The van der Waals surface area contributed by atoms with E-state index < -0.39 is 5.97 Å². The number of aromatic nitrogens is 2. The molecule has 1 aliphatic heterocycles. The van der Waals surface area contributed by atoms with Gasteiger partial charge in [-0.3, -0.25) is 4.98 Å². The molecular formula is C26H21N3O6. The van der Waals surface area contributed by atoms with Crippen molar-refractivity contribution in [2.24, 2.45) is 0 Å². The number of pyridine rings is 2. The Labute approximate surface area is 200 Å². The number of carbonyl (C=O) groups is 1. The Hall–Kier alpha value is -4.42. The summed E-state index contributed by atoms with van der Waals surface area (Å²) in [5, 5.41) is 19.0. The van der Waals surface area contributed by atoms with Crippen molar-refractivity contribution in [1.29, 1.82) is 5.26 Å². The van der Waals surface area contributed by atoms with E-state index in [0.29, 0.717) is 64.0 Å². The highest BCUT2D eigenvalue weighted by molar-refractivity contribution is 5.94. The van der Waals surface area contributed by atoms with E-state index in [1.807, 2.05) is 0 Å². The zero-order chi connectivity index (χ0) is 24.4. The first-order chi connectivity index (χ1) is 17.1. The maximum atomic E-state index is 11.3. The van der Waals surface area contributed by atoms with Crippen molar-refractivity contribution in [2.75, 3.05) is 20.3 Å². The second kappa shape index (κ2) is 9.44. The molecule has 1 N–H and O–H groups in total. The van der Waals surface area contributed by atoms with Gasteiger partial charge in [-0.25, -0.2) is 9.78 Å². The van der Waals surface area contributed by atoms with Gasteiger partial charge in [-0.15, -0.1) is 0 Å². The maximum absolute atomic E-state index is 11.3. The van der Waals surface area contributed by atoms with Crippen molar-refractivity contribution in [3.05, 3.63) is 59.9 Å². The van der Waals surface area contributed by atoms with E-state index in [2.05, 4.69) is 16.0 Å². The fourth-order valence-electron chi connectivity index (χ4n) is 4.05. The minimum Gasteiger partial charge on any atom is -0.496 e. The lowest BCUT2D eigenvalue weighted by molar-refractivity contribution is 0.0236. The number of ether oxygens (including phenoxy) is 3. The Morgan fingerprint density at radius 1 is 1.14 bits per heavy atom. The lowest BCUT2D eigenvalue weighted by atomic mass is 10.1. The SMILES string of the molecule is COc1cc(C(=O)O)ccc1-c1cc2nccc(-c3cnc(OC4CCOCC4)c(C#N)c3)c2o1. The highest BCUT2D eigenvalue weighted by Gasteiger charge is 2.20. The van der Waals surface area contributed by atoms with Crippen LogP contribution in [0, 0.1) is 11.3 Å². The first-order valence-corrected chi connectivity index (χ1v) is 11.0. The number of methoxy groups -OCH3 is 1. The Balaban J connectivity index is 1.53. The largest absolute Gasteiger partial charge is 0.496 e. The summed E-state index contributed by atoms with van der Waals surface area (Å²) >= 11 is 0. The zero-order valence-electron chi connectivity index (χ0n) is 18.9. The minimum absolute atomic E-state index is 0.0306. The number of nitriles is 1. The van der Waals surface area contributed by atoms with E-state index in [-0.39, 0.29) is 11.7 Å². The molecule has 1 saturated heterocycles. The molecule has 0 radical (unpaired) electrons. The number of rotatable bonds is 6. The molecule has 0 aliphatic carbocycles. The van der Waals surface area contributed by atoms with Gasteiger partial charge in [-0.05, 0) is 30.3 Å². The number of aromatic carboxylic acids is 1. The second-order valence-electron chi connectivity index (χ2n) is 8.02. The average molecular weight is 471 g/mol. The summed E-state index contributed by atoms with van der Waals surface area (Å²) in [7, 11) is 1.47. The third kappa shape index (κ3) is 4.39. The van der Waals surface area contributed by atoms with Crippen LogP contribution in [0.25, 0.3) is 33.6 Å². The number of nitrogens with zero attached hydrogens (tertiary/aromatic N) is 3. The lowest BCUT2D eigenvalue weighted by Crippen LogP contribution is -2.26. The van der Waals surface area contributed by atoms with Crippen molar-refractivity contribution < 1.29 is 28.5 Å². The summed E-state index contributed by atoms with van der Waals surface area (Å²) in [6.45, 7) is 1.26. The molecule has 9 nitrogen and oxygen atoms in total. The molecular weight excluding hydrogens is 450 g/mol.